The summed E-state index contributed by atoms with van der Waals surface area (Å²) in [5, 5.41) is 13.9. The van der Waals surface area contributed by atoms with Crippen LogP contribution in [0.25, 0.3) is 11.5 Å². The van der Waals surface area contributed by atoms with Crippen molar-refractivity contribution in [3.05, 3.63) is 27.6 Å². The average Bonchev–Trinajstić information content (AvgIpc) is 2.92. The topological polar surface area (TPSA) is 68.4 Å². The molecule has 5 nitrogen and oxygen atoms in total. The molecule has 0 bridgehead atoms. The van der Waals surface area contributed by atoms with E-state index in [9.17, 15) is 5.11 Å². The molecule has 0 amide bonds. The molecule has 1 atom stereocenters. The molecule has 2 aromatic rings. The van der Waals surface area contributed by atoms with Gasteiger partial charge in [-0.1, -0.05) is 5.16 Å². The first-order valence-electron chi connectivity index (χ1n) is 6.14. The largest absolute Gasteiger partial charge is 0.507 e. The third-order valence-corrected chi connectivity index (χ3v) is 3.83. The maximum Gasteiger partial charge on any atom is 0.261 e. The predicted octanol–water partition coefficient (Wildman–Crippen LogP) is 2.94. The summed E-state index contributed by atoms with van der Waals surface area (Å²) in [6, 6.07) is 5.28. The molecule has 0 aliphatic carbocycles. The molecule has 1 aromatic heterocycles. The van der Waals surface area contributed by atoms with Gasteiger partial charge in [0.1, 0.15) is 5.75 Å². The van der Waals surface area contributed by atoms with Crippen molar-refractivity contribution in [2.75, 3.05) is 13.2 Å². The van der Waals surface area contributed by atoms with Crippen LogP contribution in [0.15, 0.2) is 22.7 Å². The summed E-state index contributed by atoms with van der Waals surface area (Å²) >= 11 is 2.18. The number of phenolic OH excluding ortho intramolecular Hbond substituents is 1. The van der Waals surface area contributed by atoms with Gasteiger partial charge < -0.3 is 14.4 Å². The number of halogens is 1. The van der Waals surface area contributed by atoms with Gasteiger partial charge >= 0.3 is 0 Å². The van der Waals surface area contributed by atoms with Crippen LogP contribution in [0.3, 0.4) is 0 Å². The van der Waals surface area contributed by atoms with E-state index < -0.39 is 0 Å². The quantitative estimate of drug-likeness (QED) is 0.822. The summed E-state index contributed by atoms with van der Waals surface area (Å²) in [5.74, 6) is 1.36. The van der Waals surface area contributed by atoms with E-state index in [1.807, 2.05) is 12.1 Å². The highest BCUT2D eigenvalue weighted by Crippen LogP contribution is 2.31. The van der Waals surface area contributed by atoms with E-state index in [0.717, 1.165) is 23.0 Å². The van der Waals surface area contributed by atoms with Crippen molar-refractivity contribution < 1.29 is 14.4 Å². The Labute approximate surface area is 124 Å². The normalized spacial score (nSPS) is 19.5. The van der Waals surface area contributed by atoms with E-state index in [-0.39, 0.29) is 11.7 Å². The molecule has 19 heavy (non-hydrogen) atoms. The van der Waals surface area contributed by atoms with Crippen molar-refractivity contribution in [3.8, 4) is 17.2 Å². The van der Waals surface area contributed by atoms with E-state index in [1.54, 1.807) is 6.07 Å². The maximum atomic E-state index is 9.85. The minimum absolute atomic E-state index is 0.149. The van der Waals surface area contributed by atoms with Crippen LogP contribution >= 0.6 is 22.6 Å². The Kier molecular flexibility index (Phi) is 3.69. The van der Waals surface area contributed by atoms with Crippen LogP contribution in [0, 0.1) is 3.57 Å². The number of aromatic hydroxyl groups is 1. The van der Waals surface area contributed by atoms with Gasteiger partial charge in [-0.2, -0.15) is 4.98 Å². The molecular weight excluding hydrogens is 359 g/mol. The molecule has 2 heterocycles. The third kappa shape index (κ3) is 2.74. The molecule has 1 aliphatic rings. The van der Waals surface area contributed by atoms with Crippen molar-refractivity contribution >= 4 is 22.6 Å². The number of hydrogen-bond donors (Lipinski definition) is 1. The first-order chi connectivity index (χ1) is 9.24. The van der Waals surface area contributed by atoms with Crippen LogP contribution in [0.4, 0.5) is 0 Å². The molecule has 0 radical (unpaired) electrons. The maximum absolute atomic E-state index is 9.85. The van der Waals surface area contributed by atoms with Gasteiger partial charge in [0.15, 0.2) is 5.82 Å². The van der Waals surface area contributed by atoms with Crippen molar-refractivity contribution in [1.29, 1.82) is 0 Å². The minimum Gasteiger partial charge on any atom is -0.507 e. The predicted molar refractivity (Wildman–Crippen MR) is 76.9 cm³/mol. The van der Waals surface area contributed by atoms with Crippen molar-refractivity contribution in [3.63, 3.8) is 0 Å². The molecule has 1 saturated heterocycles. The minimum atomic E-state index is 0.149. The summed E-state index contributed by atoms with van der Waals surface area (Å²) in [4.78, 5) is 4.38. The summed E-state index contributed by atoms with van der Waals surface area (Å²) in [6.07, 6.45) is 2.03. The number of rotatable bonds is 2. The van der Waals surface area contributed by atoms with Crippen LogP contribution in [0.1, 0.15) is 24.6 Å². The lowest BCUT2D eigenvalue weighted by molar-refractivity contribution is 0.0773. The number of hydrogen-bond acceptors (Lipinski definition) is 5. The number of aromatic nitrogens is 2. The van der Waals surface area contributed by atoms with Gasteiger partial charge in [0.05, 0.1) is 12.2 Å². The standard InChI is InChI=1S/C13H13IN2O3/c14-9-3-4-11(17)10(6-9)13-15-12(16-19-13)8-2-1-5-18-7-8/h3-4,6,8,17H,1-2,5,7H2. The van der Waals surface area contributed by atoms with Gasteiger partial charge in [-0.15, -0.1) is 0 Å². The van der Waals surface area contributed by atoms with E-state index in [1.165, 1.54) is 0 Å². The molecule has 1 unspecified atom stereocenters. The average molecular weight is 372 g/mol. The van der Waals surface area contributed by atoms with Gasteiger partial charge in [0, 0.05) is 16.1 Å². The zero-order chi connectivity index (χ0) is 13.2. The van der Waals surface area contributed by atoms with E-state index in [4.69, 9.17) is 9.26 Å². The fourth-order valence-electron chi connectivity index (χ4n) is 2.13. The van der Waals surface area contributed by atoms with Gasteiger partial charge in [-0.25, -0.2) is 0 Å². The second-order valence-corrected chi connectivity index (χ2v) is 5.78. The van der Waals surface area contributed by atoms with Crippen molar-refractivity contribution in [2.45, 2.75) is 18.8 Å². The molecule has 6 heteroatoms. The number of ether oxygens (including phenoxy) is 1. The second kappa shape index (κ2) is 5.46. The SMILES string of the molecule is Oc1ccc(I)cc1-c1nc(C2CCCOC2)no1. The smallest absolute Gasteiger partial charge is 0.261 e. The Morgan fingerprint density at radius 1 is 1.37 bits per heavy atom. The van der Waals surface area contributed by atoms with E-state index in [2.05, 4.69) is 32.7 Å². The molecule has 1 aromatic carbocycles. The summed E-state index contributed by atoms with van der Waals surface area (Å²) in [7, 11) is 0. The van der Waals surface area contributed by atoms with Crippen LogP contribution in [-0.2, 0) is 4.74 Å². The van der Waals surface area contributed by atoms with Gasteiger partial charge in [-0.05, 0) is 53.6 Å². The Bertz CT molecular complexity index is 579. The van der Waals surface area contributed by atoms with Crippen molar-refractivity contribution in [2.24, 2.45) is 0 Å². The summed E-state index contributed by atoms with van der Waals surface area (Å²) in [6.45, 7) is 1.44. The lowest BCUT2D eigenvalue weighted by atomic mass is 10.0. The lowest BCUT2D eigenvalue weighted by Gasteiger charge is -2.18. The van der Waals surface area contributed by atoms with Crippen molar-refractivity contribution in [1.82, 2.24) is 10.1 Å². The van der Waals surface area contributed by atoms with Crippen LogP contribution in [0.5, 0.6) is 5.75 Å². The van der Waals surface area contributed by atoms with Crippen LogP contribution in [-0.4, -0.2) is 28.5 Å². The molecule has 1 N–H and O–H groups in total. The fraction of sp³-hybridized carbons (Fsp3) is 0.385. The number of benzene rings is 1. The monoisotopic (exact) mass is 372 g/mol. The Balaban J connectivity index is 1.89. The number of nitrogens with zero attached hydrogens (tertiary/aromatic N) is 2. The molecule has 3 rings (SSSR count). The summed E-state index contributed by atoms with van der Waals surface area (Å²) in [5.41, 5.74) is 0.572. The van der Waals surface area contributed by atoms with E-state index in [0.29, 0.717) is 23.9 Å². The number of phenols is 1. The molecule has 100 valence electrons. The van der Waals surface area contributed by atoms with Crippen LogP contribution in [0.2, 0.25) is 0 Å². The molecular formula is C13H13IN2O3. The van der Waals surface area contributed by atoms with Gasteiger partial charge in [0.2, 0.25) is 0 Å². The molecule has 0 spiro atoms. The Hall–Kier alpha value is -1.15. The second-order valence-electron chi connectivity index (χ2n) is 4.53. The molecule has 1 aliphatic heterocycles. The highest BCUT2D eigenvalue weighted by Gasteiger charge is 2.22. The van der Waals surface area contributed by atoms with Gasteiger partial charge in [0.25, 0.3) is 5.89 Å². The zero-order valence-electron chi connectivity index (χ0n) is 10.2. The van der Waals surface area contributed by atoms with Crippen LogP contribution < -0.4 is 0 Å². The highest BCUT2D eigenvalue weighted by atomic mass is 127. The molecule has 0 saturated carbocycles. The fourth-order valence-corrected chi connectivity index (χ4v) is 2.63. The first-order valence-corrected chi connectivity index (χ1v) is 7.22. The Morgan fingerprint density at radius 2 is 2.26 bits per heavy atom. The van der Waals surface area contributed by atoms with E-state index >= 15 is 0 Å². The van der Waals surface area contributed by atoms with Gasteiger partial charge in [-0.3, -0.25) is 0 Å². The zero-order valence-corrected chi connectivity index (χ0v) is 12.3. The first kappa shape index (κ1) is 12.9. The molecule has 1 fully saturated rings. The third-order valence-electron chi connectivity index (χ3n) is 3.16. The summed E-state index contributed by atoms with van der Waals surface area (Å²) < 4.78 is 11.7. The highest BCUT2D eigenvalue weighted by molar-refractivity contribution is 14.1. The lowest BCUT2D eigenvalue weighted by Crippen LogP contribution is -2.16. The Morgan fingerprint density at radius 3 is 3.05 bits per heavy atom.